The van der Waals surface area contributed by atoms with Crippen LogP contribution in [0.4, 0.5) is 0 Å². The molecule has 0 aromatic carbocycles. The lowest BCUT2D eigenvalue weighted by atomic mass is 9.80. The van der Waals surface area contributed by atoms with Crippen molar-refractivity contribution in [3.63, 3.8) is 0 Å². The fourth-order valence-electron chi connectivity index (χ4n) is 2.10. The average Bonchev–Trinajstić information content (AvgIpc) is 2.16. The fourth-order valence-corrected chi connectivity index (χ4v) is 2.10. The van der Waals surface area contributed by atoms with Crippen LogP contribution in [0.5, 0.6) is 0 Å². The number of esters is 1. The zero-order chi connectivity index (χ0) is 9.84. The van der Waals surface area contributed by atoms with Crippen molar-refractivity contribution in [3.8, 4) is 0 Å². The maximum Gasteiger partial charge on any atom is 0.308 e. The van der Waals surface area contributed by atoms with E-state index in [0.29, 0.717) is 12.0 Å². The summed E-state index contributed by atoms with van der Waals surface area (Å²) >= 11 is 0. The quantitative estimate of drug-likeness (QED) is 0.615. The standard InChI is InChI=1S/C10H18O3/c1-7-6-8(10(11)13-3)4-5-9(7)12-2/h7-9H,4-6H2,1-3H3. The molecule has 0 aromatic rings. The summed E-state index contributed by atoms with van der Waals surface area (Å²) in [5, 5.41) is 0. The number of carbonyl (C=O) groups is 1. The molecule has 0 saturated heterocycles. The summed E-state index contributed by atoms with van der Waals surface area (Å²) in [6.45, 7) is 2.13. The molecule has 3 nitrogen and oxygen atoms in total. The summed E-state index contributed by atoms with van der Waals surface area (Å²) in [5.41, 5.74) is 0. The molecule has 1 aliphatic rings. The van der Waals surface area contributed by atoms with Gasteiger partial charge in [0.05, 0.1) is 19.1 Å². The summed E-state index contributed by atoms with van der Waals surface area (Å²) in [7, 11) is 3.19. The molecular weight excluding hydrogens is 168 g/mol. The first-order chi connectivity index (χ1) is 6.19. The molecule has 3 atom stereocenters. The summed E-state index contributed by atoms with van der Waals surface area (Å²) in [5.74, 6) is 0.482. The van der Waals surface area contributed by atoms with Crippen molar-refractivity contribution in [2.45, 2.75) is 32.3 Å². The molecular formula is C10H18O3. The second-order valence-corrected chi connectivity index (χ2v) is 3.78. The molecule has 0 bridgehead atoms. The Labute approximate surface area is 79.4 Å². The van der Waals surface area contributed by atoms with Gasteiger partial charge in [0.25, 0.3) is 0 Å². The van der Waals surface area contributed by atoms with Gasteiger partial charge in [0.1, 0.15) is 0 Å². The van der Waals surface area contributed by atoms with Gasteiger partial charge in [-0.1, -0.05) is 6.92 Å². The van der Waals surface area contributed by atoms with Crippen molar-refractivity contribution >= 4 is 5.97 Å². The highest BCUT2D eigenvalue weighted by Crippen LogP contribution is 2.31. The van der Waals surface area contributed by atoms with Crippen molar-refractivity contribution in [3.05, 3.63) is 0 Å². The van der Waals surface area contributed by atoms with Crippen molar-refractivity contribution in [2.24, 2.45) is 11.8 Å². The number of rotatable bonds is 2. The van der Waals surface area contributed by atoms with Crippen LogP contribution in [0.2, 0.25) is 0 Å². The predicted molar refractivity (Wildman–Crippen MR) is 49.3 cm³/mol. The van der Waals surface area contributed by atoms with E-state index in [1.54, 1.807) is 7.11 Å². The van der Waals surface area contributed by atoms with E-state index in [-0.39, 0.29) is 11.9 Å². The van der Waals surface area contributed by atoms with Crippen molar-refractivity contribution in [1.82, 2.24) is 0 Å². The number of hydrogen-bond acceptors (Lipinski definition) is 3. The third-order valence-corrected chi connectivity index (χ3v) is 2.93. The molecule has 0 aromatic heterocycles. The SMILES string of the molecule is COC(=O)C1CCC(OC)C(C)C1. The summed E-state index contributed by atoms with van der Waals surface area (Å²) in [4.78, 5) is 11.2. The highest BCUT2D eigenvalue weighted by Gasteiger charge is 2.31. The Balaban J connectivity index is 2.45. The van der Waals surface area contributed by atoms with Gasteiger partial charge in [0, 0.05) is 7.11 Å². The molecule has 1 saturated carbocycles. The Morgan fingerprint density at radius 2 is 2.00 bits per heavy atom. The normalized spacial score (nSPS) is 34.2. The van der Waals surface area contributed by atoms with E-state index in [1.807, 2.05) is 0 Å². The number of hydrogen-bond donors (Lipinski definition) is 0. The minimum Gasteiger partial charge on any atom is -0.469 e. The van der Waals surface area contributed by atoms with Crippen LogP contribution in [0.3, 0.4) is 0 Å². The zero-order valence-electron chi connectivity index (χ0n) is 8.58. The van der Waals surface area contributed by atoms with Crippen LogP contribution in [0, 0.1) is 11.8 Å². The molecule has 3 unspecified atom stereocenters. The topological polar surface area (TPSA) is 35.5 Å². The summed E-state index contributed by atoms with van der Waals surface area (Å²) < 4.78 is 10.0. The highest BCUT2D eigenvalue weighted by atomic mass is 16.5. The van der Waals surface area contributed by atoms with Gasteiger partial charge in [-0.05, 0) is 25.2 Å². The lowest BCUT2D eigenvalue weighted by molar-refractivity contribution is -0.148. The van der Waals surface area contributed by atoms with E-state index in [1.165, 1.54) is 7.11 Å². The van der Waals surface area contributed by atoms with Gasteiger partial charge in [-0.3, -0.25) is 4.79 Å². The Hall–Kier alpha value is -0.570. The number of methoxy groups -OCH3 is 2. The number of ether oxygens (including phenoxy) is 2. The molecule has 0 heterocycles. The van der Waals surface area contributed by atoms with Crippen molar-refractivity contribution < 1.29 is 14.3 Å². The summed E-state index contributed by atoms with van der Waals surface area (Å²) in [6.07, 6.45) is 3.08. The third kappa shape index (κ3) is 2.44. The first-order valence-electron chi connectivity index (χ1n) is 4.79. The summed E-state index contributed by atoms with van der Waals surface area (Å²) in [6, 6.07) is 0. The average molecular weight is 186 g/mol. The van der Waals surface area contributed by atoms with E-state index < -0.39 is 0 Å². The smallest absolute Gasteiger partial charge is 0.308 e. The van der Waals surface area contributed by atoms with Gasteiger partial charge in [-0.25, -0.2) is 0 Å². The third-order valence-electron chi connectivity index (χ3n) is 2.93. The molecule has 0 spiro atoms. The predicted octanol–water partition coefficient (Wildman–Crippen LogP) is 1.61. The van der Waals surface area contributed by atoms with Gasteiger partial charge >= 0.3 is 5.97 Å². The molecule has 76 valence electrons. The first kappa shape index (κ1) is 10.5. The molecule has 0 radical (unpaired) electrons. The zero-order valence-corrected chi connectivity index (χ0v) is 8.58. The molecule has 0 N–H and O–H groups in total. The van der Waals surface area contributed by atoms with Gasteiger partial charge in [-0.15, -0.1) is 0 Å². The highest BCUT2D eigenvalue weighted by molar-refractivity contribution is 5.72. The minimum absolute atomic E-state index is 0.0681. The van der Waals surface area contributed by atoms with E-state index in [2.05, 4.69) is 6.92 Å². The minimum atomic E-state index is -0.0681. The molecule has 3 heteroatoms. The largest absolute Gasteiger partial charge is 0.469 e. The molecule has 1 aliphatic carbocycles. The molecule has 1 rings (SSSR count). The fraction of sp³-hybridized carbons (Fsp3) is 0.900. The molecule has 0 aliphatic heterocycles. The van der Waals surface area contributed by atoms with E-state index in [0.717, 1.165) is 19.3 Å². The Bertz CT molecular complexity index is 179. The Morgan fingerprint density at radius 1 is 1.31 bits per heavy atom. The van der Waals surface area contributed by atoms with Crippen LogP contribution in [0.1, 0.15) is 26.2 Å². The van der Waals surface area contributed by atoms with Gasteiger partial charge in [-0.2, -0.15) is 0 Å². The monoisotopic (exact) mass is 186 g/mol. The van der Waals surface area contributed by atoms with Crippen LogP contribution in [0.15, 0.2) is 0 Å². The molecule has 13 heavy (non-hydrogen) atoms. The molecule has 0 amide bonds. The Kier molecular flexibility index (Phi) is 3.72. The van der Waals surface area contributed by atoms with Crippen molar-refractivity contribution in [2.75, 3.05) is 14.2 Å². The second kappa shape index (κ2) is 4.61. The van der Waals surface area contributed by atoms with Gasteiger partial charge in [0.15, 0.2) is 0 Å². The van der Waals surface area contributed by atoms with E-state index >= 15 is 0 Å². The van der Waals surface area contributed by atoms with Crippen LogP contribution in [0.25, 0.3) is 0 Å². The lowest BCUT2D eigenvalue weighted by Gasteiger charge is -2.31. The second-order valence-electron chi connectivity index (χ2n) is 3.78. The van der Waals surface area contributed by atoms with Crippen molar-refractivity contribution in [1.29, 1.82) is 0 Å². The maximum atomic E-state index is 11.2. The van der Waals surface area contributed by atoms with E-state index in [4.69, 9.17) is 9.47 Å². The molecule has 1 fully saturated rings. The van der Waals surface area contributed by atoms with Crippen LogP contribution in [-0.4, -0.2) is 26.3 Å². The van der Waals surface area contributed by atoms with Gasteiger partial charge in [0.2, 0.25) is 0 Å². The first-order valence-corrected chi connectivity index (χ1v) is 4.79. The van der Waals surface area contributed by atoms with Crippen LogP contribution in [-0.2, 0) is 14.3 Å². The van der Waals surface area contributed by atoms with Gasteiger partial charge < -0.3 is 9.47 Å². The van der Waals surface area contributed by atoms with E-state index in [9.17, 15) is 4.79 Å². The lowest BCUT2D eigenvalue weighted by Crippen LogP contribution is -2.32. The van der Waals surface area contributed by atoms with Crippen LogP contribution < -0.4 is 0 Å². The van der Waals surface area contributed by atoms with Crippen LogP contribution >= 0.6 is 0 Å². The Morgan fingerprint density at radius 3 is 2.46 bits per heavy atom. The maximum absolute atomic E-state index is 11.2. The number of carbonyl (C=O) groups excluding carboxylic acids is 1.